The zero-order valence-corrected chi connectivity index (χ0v) is 7.63. The fraction of sp³-hybridized carbons (Fsp3) is 0.750. The van der Waals surface area contributed by atoms with Crippen LogP contribution >= 0.6 is 12.6 Å². The van der Waals surface area contributed by atoms with Crippen molar-refractivity contribution in [3.63, 3.8) is 0 Å². The van der Waals surface area contributed by atoms with Crippen LogP contribution in [0.15, 0.2) is 11.1 Å². The Morgan fingerprint density at radius 3 is 1.89 bits per heavy atom. The molecule has 0 nitrogen and oxygen atoms in total. The van der Waals surface area contributed by atoms with Crippen molar-refractivity contribution < 1.29 is 0 Å². The zero-order valence-electron chi connectivity index (χ0n) is 6.73. The van der Waals surface area contributed by atoms with Crippen LogP contribution in [0.3, 0.4) is 0 Å². The Hall–Kier alpha value is 0.0900. The van der Waals surface area contributed by atoms with Crippen molar-refractivity contribution in [2.75, 3.05) is 5.75 Å². The SMILES string of the molecule is C/C(CS)=C(\C)C(C)C. The number of rotatable bonds is 2. The normalized spacial score (nSPS) is 14.0. The molecule has 0 unspecified atom stereocenters. The summed E-state index contributed by atoms with van der Waals surface area (Å²) in [6.07, 6.45) is 0. The van der Waals surface area contributed by atoms with E-state index in [1.54, 1.807) is 0 Å². The van der Waals surface area contributed by atoms with Crippen LogP contribution in [0.5, 0.6) is 0 Å². The quantitative estimate of drug-likeness (QED) is 0.447. The molecule has 0 N–H and O–H groups in total. The summed E-state index contributed by atoms with van der Waals surface area (Å²) < 4.78 is 0. The highest BCUT2D eigenvalue weighted by molar-refractivity contribution is 7.80. The lowest BCUT2D eigenvalue weighted by Crippen LogP contribution is -1.93. The van der Waals surface area contributed by atoms with Gasteiger partial charge in [-0.1, -0.05) is 25.0 Å². The molecular weight excluding hydrogens is 128 g/mol. The first-order valence-electron chi connectivity index (χ1n) is 3.36. The van der Waals surface area contributed by atoms with E-state index in [4.69, 9.17) is 0 Å². The van der Waals surface area contributed by atoms with Crippen molar-refractivity contribution in [1.82, 2.24) is 0 Å². The maximum absolute atomic E-state index is 4.19. The highest BCUT2D eigenvalue weighted by atomic mass is 32.1. The molecule has 0 spiro atoms. The van der Waals surface area contributed by atoms with E-state index in [1.807, 2.05) is 0 Å². The van der Waals surface area contributed by atoms with E-state index in [1.165, 1.54) is 11.1 Å². The summed E-state index contributed by atoms with van der Waals surface area (Å²) in [7, 11) is 0. The molecule has 1 heteroatoms. The van der Waals surface area contributed by atoms with Crippen LogP contribution in [-0.2, 0) is 0 Å². The fourth-order valence-corrected chi connectivity index (χ4v) is 0.867. The first kappa shape index (κ1) is 9.09. The smallest absolute Gasteiger partial charge is 0.0112 e. The number of allylic oxidation sites excluding steroid dienone is 1. The number of hydrogen-bond donors (Lipinski definition) is 1. The van der Waals surface area contributed by atoms with Crippen LogP contribution in [-0.4, -0.2) is 5.75 Å². The monoisotopic (exact) mass is 144 g/mol. The van der Waals surface area contributed by atoms with E-state index in [9.17, 15) is 0 Å². The van der Waals surface area contributed by atoms with Gasteiger partial charge in [0.25, 0.3) is 0 Å². The number of hydrogen-bond acceptors (Lipinski definition) is 1. The Labute approximate surface area is 63.8 Å². The van der Waals surface area contributed by atoms with Gasteiger partial charge in [0.1, 0.15) is 0 Å². The molecule has 0 aromatic heterocycles. The molecule has 0 aliphatic heterocycles. The molecule has 0 fully saturated rings. The molecule has 0 aliphatic rings. The summed E-state index contributed by atoms with van der Waals surface area (Å²) in [6.45, 7) is 8.74. The molecule has 0 aromatic carbocycles. The van der Waals surface area contributed by atoms with Crippen molar-refractivity contribution >= 4 is 12.6 Å². The molecular formula is C8H16S. The fourth-order valence-electron chi connectivity index (χ4n) is 0.617. The Morgan fingerprint density at radius 2 is 1.78 bits per heavy atom. The minimum Gasteiger partial charge on any atom is -0.175 e. The van der Waals surface area contributed by atoms with Crippen LogP contribution in [0.4, 0.5) is 0 Å². The van der Waals surface area contributed by atoms with Gasteiger partial charge < -0.3 is 0 Å². The lowest BCUT2D eigenvalue weighted by Gasteiger charge is -2.07. The molecule has 0 atom stereocenters. The molecule has 9 heavy (non-hydrogen) atoms. The second-order valence-corrected chi connectivity index (χ2v) is 3.09. The third-order valence-electron chi connectivity index (χ3n) is 1.78. The van der Waals surface area contributed by atoms with Gasteiger partial charge in [-0.15, -0.1) is 0 Å². The minimum atomic E-state index is 0.678. The predicted octanol–water partition coefficient (Wildman–Crippen LogP) is 2.91. The van der Waals surface area contributed by atoms with Gasteiger partial charge in [-0.3, -0.25) is 0 Å². The van der Waals surface area contributed by atoms with Gasteiger partial charge in [0.05, 0.1) is 0 Å². The van der Waals surface area contributed by atoms with E-state index >= 15 is 0 Å². The van der Waals surface area contributed by atoms with Crippen LogP contribution in [0.25, 0.3) is 0 Å². The average Bonchev–Trinajstić information content (AvgIpc) is 1.84. The molecule has 0 aliphatic carbocycles. The Bertz CT molecular complexity index is 112. The van der Waals surface area contributed by atoms with Gasteiger partial charge in [-0.05, 0) is 19.8 Å². The molecule has 0 aromatic rings. The topological polar surface area (TPSA) is 0 Å². The summed E-state index contributed by atoms with van der Waals surface area (Å²) in [5, 5.41) is 0. The van der Waals surface area contributed by atoms with Gasteiger partial charge in [0.15, 0.2) is 0 Å². The first-order chi connectivity index (χ1) is 4.09. The summed E-state index contributed by atoms with van der Waals surface area (Å²) in [4.78, 5) is 0. The Kier molecular flexibility index (Phi) is 4.03. The van der Waals surface area contributed by atoms with E-state index in [-0.39, 0.29) is 0 Å². The second-order valence-electron chi connectivity index (χ2n) is 2.78. The third-order valence-corrected chi connectivity index (χ3v) is 2.25. The van der Waals surface area contributed by atoms with Gasteiger partial charge in [0, 0.05) is 5.75 Å². The summed E-state index contributed by atoms with van der Waals surface area (Å²) >= 11 is 4.19. The Morgan fingerprint density at radius 1 is 1.33 bits per heavy atom. The van der Waals surface area contributed by atoms with E-state index in [0.717, 1.165) is 5.75 Å². The van der Waals surface area contributed by atoms with Crippen LogP contribution in [0.2, 0.25) is 0 Å². The molecule has 0 saturated heterocycles. The lowest BCUT2D eigenvalue weighted by atomic mass is 10.0. The van der Waals surface area contributed by atoms with E-state index in [2.05, 4.69) is 40.3 Å². The lowest BCUT2D eigenvalue weighted by molar-refractivity contribution is 0.757. The van der Waals surface area contributed by atoms with Gasteiger partial charge in [-0.25, -0.2) is 0 Å². The maximum Gasteiger partial charge on any atom is 0.0112 e. The van der Waals surface area contributed by atoms with Gasteiger partial charge in [-0.2, -0.15) is 12.6 Å². The largest absolute Gasteiger partial charge is 0.175 e. The van der Waals surface area contributed by atoms with Crippen molar-refractivity contribution in [2.24, 2.45) is 5.92 Å². The zero-order chi connectivity index (χ0) is 7.44. The van der Waals surface area contributed by atoms with Crippen molar-refractivity contribution in [2.45, 2.75) is 27.7 Å². The predicted molar refractivity (Wildman–Crippen MR) is 47.1 cm³/mol. The molecule has 0 radical (unpaired) electrons. The summed E-state index contributed by atoms with van der Waals surface area (Å²) in [5.74, 6) is 1.57. The van der Waals surface area contributed by atoms with Gasteiger partial charge >= 0.3 is 0 Å². The van der Waals surface area contributed by atoms with Crippen molar-refractivity contribution in [3.05, 3.63) is 11.1 Å². The Balaban J connectivity index is 4.10. The molecule has 54 valence electrons. The maximum atomic E-state index is 4.19. The highest BCUT2D eigenvalue weighted by Crippen LogP contribution is 2.13. The van der Waals surface area contributed by atoms with Crippen LogP contribution < -0.4 is 0 Å². The molecule has 0 saturated carbocycles. The molecule has 0 rings (SSSR count). The van der Waals surface area contributed by atoms with Crippen molar-refractivity contribution in [1.29, 1.82) is 0 Å². The van der Waals surface area contributed by atoms with Crippen molar-refractivity contribution in [3.8, 4) is 0 Å². The summed E-state index contributed by atoms with van der Waals surface area (Å²) in [5.41, 5.74) is 2.89. The first-order valence-corrected chi connectivity index (χ1v) is 4.00. The van der Waals surface area contributed by atoms with E-state index < -0.39 is 0 Å². The minimum absolute atomic E-state index is 0.678. The molecule has 0 amide bonds. The molecule has 0 heterocycles. The molecule has 0 bridgehead atoms. The standard InChI is InChI=1S/C8H16S/c1-6(2)8(4)7(3)5-9/h6,9H,5H2,1-4H3/b8-7-. The second kappa shape index (κ2) is 3.99. The van der Waals surface area contributed by atoms with Crippen LogP contribution in [0.1, 0.15) is 27.7 Å². The van der Waals surface area contributed by atoms with Gasteiger partial charge in [0.2, 0.25) is 0 Å². The van der Waals surface area contributed by atoms with E-state index in [0.29, 0.717) is 5.92 Å². The summed E-state index contributed by atoms with van der Waals surface area (Å²) in [6, 6.07) is 0. The van der Waals surface area contributed by atoms with Crippen LogP contribution in [0, 0.1) is 5.92 Å². The average molecular weight is 144 g/mol. The highest BCUT2D eigenvalue weighted by Gasteiger charge is 1.98. The number of thiol groups is 1. The third kappa shape index (κ3) is 2.95.